The number of hydrogen-bond donors (Lipinski definition) is 2. The molecule has 3 N–H and O–H groups in total. The van der Waals surface area contributed by atoms with Crippen molar-refractivity contribution in [1.29, 1.82) is 0 Å². The minimum absolute atomic E-state index is 0.0351. The van der Waals surface area contributed by atoms with E-state index in [9.17, 15) is 0 Å². The molecule has 2 aromatic rings. The third-order valence-electron chi connectivity index (χ3n) is 2.99. The van der Waals surface area contributed by atoms with Crippen LogP contribution in [0.1, 0.15) is 22.9 Å². The monoisotopic (exact) mass is 246 g/mol. The second kappa shape index (κ2) is 5.71. The molecule has 0 saturated carbocycles. The second-order valence-electron chi connectivity index (χ2n) is 4.24. The molecule has 1 atom stereocenters. The van der Waals surface area contributed by atoms with E-state index in [-0.39, 0.29) is 6.04 Å². The maximum atomic E-state index is 5.61. The molecule has 18 heavy (non-hydrogen) atoms. The number of aryl methyl sites for hydroxylation is 1. The Labute approximate surface area is 107 Å². The number of nitrogens with two attached hydrogens (primary N) is 1. The van der Waals surface area contributed by atoms with E-state index in [4.69, 9.17) is 15.0 Å². The highest BCUT2D eigenvalue weighted by molar-refractivity contribution is 5.30. The number of benzene rings is 1. The van der Waals surface area contributed by atoms with Gasteiger partial charge < -0.3 is 9.15 Å². The van der Waals surface area contributed by atoms with Gasteiger partial charge in [0, 0.05) is 0 Å². The maximum absolute atomic E-state index is 5.61. The Bertz CT molecular complexity index is 508. The summed E-state index contributed by atoms with van der Waals surface area (Å²) < 4.78 is 10.7. The molecular formula is C14H18N2O2. The summed E-state index contributed by atoms with van der Waals surface area (Å²) in [6, 6.07) is 9.84. The summed E-state index contributed by atoms with van der Waals surface area (Å²) >= 11 is 0. The molecule has 4 nitrogen and oxygen atoms in total. The molecule has 1 heterocycles. The van der Waals surface area contributed by atoms with Crippen LogP contribution in [0.5, 0.6) is 5.75 Å². The molecule has 0 amide bonds. The van der Waals surface area contributed by atoms with Crippen molar-refractivity contribution >= 4 is 0 Å². The first-order chi connectivity index (χ1) is 8.74. The highest BCUT2D eigenvalue weighted by Gasteiger charge is 2.16. The van der Waals surface area contributed by atoms with Crippen molar-refractivity contribution in [3.63, 3.8) is 0 Å². The lowest BCUT2D eigenvalue weighted by Gasteiger charge is -2.15. The highest BCUT2D eigenvalue weighted by Crippen LogP contribution is 2.23. The Morgan fingerprint density at radius 3 is 2.83 bits per heavy atom. The molecule has 0 bridgehead atoms. The summed E-state index contributed by atoms with van der Waals surface area (Å²) in [5.74, 6) is 7.33. The standard InChI is InChI=1S/C14H18N2O2/c1-10-6-7-18-14(10)13(16-15)9-11-4-3-5-12(8-11)17-2/h3-8,13,16H,9,15H2,1-2H3. The van der Waals surface area contributed by atoms with Crippen LogP contribution < -0.4 is 16.0 Å². The fourth-order valence-corrected chi connectivity index (χ4v) is 2.00. The molecule has 1 unspecified atom stereocenters. The number of ether oxygens (including phenoxy) is 1. The summed E-state index contributed by atoms with van der Waals surface area (Å²) in [5, 5.41) is 0. The molecule has 0 aliphatic heterocycles. The summed E-state index contributed by atoms with van der Waals surface area (Å²) in [6.07, 6.45) is 2.43. The number of nitrogens with one attached hydrogen (secondary N) is 1. The van der Waals surface area contributed by atoms with Crippen LogP contribution in [0, 0.1) is 6.92 Å². The Kier molecular flexibility index (Phi) is 4.02. The lowest BCUT2D eigenvalue weighted by atomic mass is 10.0. The predicted molar refractivity (Wildman–Crippen MR) is 70.2 cm³/mol. The number of methoxy groups -OCH3 is 1. The summed E-state index contributed by atoms with van der Waals surface area (Å²) in [7, 11) is 1.66. The SMILES string of the molecule is COc1cccc(CC(NN)c2occc2C)c1. The van der Waals surface area contributed by atoms with Gasteiger partial charge in [0.2, 0.25) is 0 Å². The average Bonchev–Trinajstić information content (AvgIpc) is 2.82. The Balaban J connectivity index is 2.18. The van der Waals surface area contributed by atoms with Crippen molar-refractivity contribution in [3.05, 3.63) is 53.5 Å². The minimum atomic E-state index is -0.0351. The topological polar surface area (TPSA) is 60.4 Å². The number of furan rings is 1. The number of rotatable bonds is 5. The summed E-state index contributed by atoms with van der Waals surface area (Å²) in [4.78, 5) is 0. The zero-order valence-corrected chi connectivity index (χ0v) is 10.6. The van der Waals surface area contributed by atoms with E-state index >= 15 is 0 Å². The zero-order chi connectivity index (χ0) is 13.0. The summed E-state index contributed by atoms with van der Waals surface area (Å²) in [5.41, 5.74) is 5.04. The number of hydrogen-bond acceptors (Lipinski definition) is 4. The fraction of sp³-hybridized carbons (Fsp3) is 0.286. The first-order valence-corrected chi connectivity index (χ1v) is 5.87. The molecule has 96 valence electrons. The van der Waals surface area contributed by atoms with Gasteiger partial charge in [-0.25, -0.2) is 5.43 Å². The van der Waals surface area contributed by atoms with E-state index in [0.29, 0.717) is 0 Å². The van der Waals surface area contributed by atoms with Crippen molar-refractivity contribution in [1.82, 2.24) is 5.43 Å². The molecule has 0 spiro atoms. The lowest BCUT2D eigenvalue weighted by molar-refractivity contribution is 0.406. The van der Waals surface area contributed by atoms with E-state index in [1.807, 2.05) is 37.3 Å². The second-order valence-corrected chi connectivity index (χ2v) is 4.24. The van der Waals surface area contributed by atoms with Gasteiger partial charge in [0.15, 0.2) is 0 Å². The molecule has 2 rings (SSSR count). The normalized spacial score (nSPS) is 12.4. The molecule has 1 aromatic heterocycles. The van der Waals surface area contributed by atoms with Crippen LogP contribution in [-0.4, -0.2) is 7.11 Å². The first-order valence-electron chi connectivity index (χ1n) is 5.87. The number of hydrazine groups is 1. The van der Waals surface area contributed by atoms with Crippen molar-refractivity contribution in [2.75, 3.05) is 7.11 Å². The fourth-order valence-electron chi connectivity index (χ4n) is 2.00. The molecule has 1 aromatic carbocycles. The zero-order valence-electron chi connectivity index (χ0n) is 10.6. The van der Waals surface area contributed by atoms with Crippen LogP contribution in [0.2, 0.25) is 0 Å². The Morgan fingerprint density at radius 2 is 2.22 bits per heavy atom. The predicted octanol–water partition coefficient (Wildman–Crippen LogP) is 2.34. The van der Waals surface area contributed by atoms with Gasteiger partial charge >= 0.3 is 0 Å². The molecular weight excluding hydrogens is 228 g/mol. The van der Waals surface area contributed by atoms with Gasteiger partial charge in [-0.3, -0.25) is 5.84 Å². The quantitative estimate of drug-likeness (QED) is 0.628. The van der Waals surface area contributed by atoms with E-state index in [0.717, 1.165) is 29.1 Å². The van der Waals surface area contributed by atoms with Crippen molar-refractivity contribution < 1.29 is 9.15 Å². The Hall–Kier alpha value is -1.78. The van der Waals surface area contributed by atoms with Crippen LogP contribution >= 0.6 is 0 Å². The van der Waals surface area contributed by atoms with Gasteiger partial charge in [-0.2, -0.15) is 0 Å². The molecule has 0 aliphatic rings. The van der Waals surface area contributed by atoms with Crippen LogP contribution in [0.4, 0.5) is 0 Å². The van der Waals surface area contributed by atoms with E-state index in [1.165, 1.54) is 0 Å². The molecule has 0 saturated heterocycles. The van der Waals surface area contributed by atoms with Gasteiger partial charge in [0.25, 0.3) is 0 Å². The third kappa shape index (κ3) is 2.72. The largest absolute Gasteiger partial charge is 0.497 e. The molecule has 0 fully saturated rings. The molecule has 0 radical (unpaired) electrons. The molecule has 4 heteroatoms. The van der Waals surface area contributed by atoms with E-state index in [1.54, 1.807) is 13.4 Å². The van der Waals surface area contributed by atoms with Gasteiger partial charge in [-0.05, 0) is 42.7 Å². The smallest absolute Gasteiger partial charge is 0.125 e. The Morgan fingerprint density at radius 1 is 1.39 bits per heavy atom. The lowest BCUT2D eigenvalue weighted by Crippen LogP contribution is -2.29. The minimum Gasteiger partial charge on any atom is -0.497 e. The van der Waals surface area contributed by atoms with Crippen molar-refractivity contribution in [2.45, 2.75) is 19.4 Å². The third-order valence-corrected chi connectivity index (χ3v) is 2.99. The highest BCUT2D eigenvalue weighted by atomic mass is 16.5. The average molecular weight is 246 g/mol. The van der Waals surface area contributed by atoms with Gasteiger partial charge in [-0.15, -0.1) is 0 Å². The van der Waals surface area contributed by atoms with Gasteiger partial charge in [-0.1, -0.05) is 12.1 Å². The van der Waals surface area contributed by atoms with Crippen LogP contribution in [0.3, 0.4) is 0 Å². The van der Waals surface area contributed by atoms with E-state index < -0.39 is 0 Å². The van der Waals surface area contributed by atoms with E-state index in [2.05, 4.69) is 5.43 Å². The van der Waals surface area contributed by atoms with Crippen molar-refractivity contribution in [2.24, 2.45) is 5.84 Å². The molecule has 0 aliphatic carbocycles. The van der Waals surface area contributed by atoms with Crippen molar-refractivity contribution in [3.8, 4) is 5.75 Å². The maximum Gasteiger partial charge on any atom is 0.125 e. The van der Waals surface area contributed by atoms with Crippen LogP contribution in [-0.2, 0) is 6.42 Å². The summed E-state index contributed by atoms with van der Waals surface area (Å²) in [6.45, 7) is 2.01. The van der Waals surface area contributed by atoms with Gasteiger partial charge in [0.05, 0.1) is 19.4 Å². The first kappa shape index (κ1) is 12.7. The van der Waals surface area contributed by atoms with Gasteiger partial charge in [0.1, 0.15) is 11.5 Å². The van der Waals surface area contributed by atoms with Crippen LogP contribution in [0.15, 0.2) is 41.0 Å². The van der Waals surface area contributed by atoms with Crippen LogP contribution in [0.25, 0.3) is 0 Å².